The monoisotopic (exact) mass is 310 g/mol. The van der Waals surface area contributed by atoms with Crippen molar-refractivity contribution in [1.29, 1.82) is 0 Å². The maximum absolute atomic E-state index is 5.00. The van der Waals surface area contributed by atoms with Gasteiger partial charge in [-0.3, -0.25) is 9.98 Å². The highest BCUT2D eigenvalue weighted by Crippen LogP contribution is 2.49. The van der Waals surface area contributed by atoms with Gasteiger partial charge in [0.2, 0.25) is 0 Å². The predicted molar refractivity (Wildman–Crippen MR) is 95.2 cm³/mol. The van der Waals surface area contributed by atoms with Crippen molar-refractivity contribution in [2.24, 2.45) is 20.8 Å². The molecule has 0 bridgehead atoms. The summed E-state index contributed by atoms with van der Waals surface area (Å²) in [4.78, 5) is 9.85. The lowest BCUT2D eigenvalue weighted by atomic mass is 9.72. The Hall–Kier alpha value is -0.220. The van der Waals surface area contributed by atoms with E-state index in [0.29, 0.717) is 0 Å². The number of rotatable bonds is 1. The lowest BCUT2D eigenvalue weighted by molar-refractivity contribution is 0.265. The van der Waals surface area contributed by atoms with Gasteiger partial charge in [0.1, 0.15) is 0 Å². The molecule has 0 saturated carbocycles. The number of thioether (sulfide) groups is 2. The van der Waals surface area contributed by atoms with Crippen LogP contribution in [0.25, 0.3) is 0 Å². The summed E-state index contributed by atoms with van der Waals surface area (Å²) in [5.74, 6) is 0. The highest BCUT2D eigenvalue weighted by molar-refractivity contribution is 8.13. The molecule has 0 fully saturated rings. The normalized spacial score (nSPS) is 33.5. The minimum atomic E-state index is -0.144. The van der Waals surface area contributed by atoms with Gasteiger partial charge in [0, 0.05) is 24.0 Å². The first kappa shape index (κ1) is 16.2. The average molecular weight is 311 g/mol. The molecule has 20 heavy (non-hydrogen) atoms. The molecular weight excluding hydrogens is 284 g/mol. The lowest BCUT2D eigenvalue weighted by Crippen LogP contribution is -2.35. The van der Waals surface area contributed by atoms with Crippen LogP contribution in [0.5, 0.6) is 0 Å². The summed E-state index contributed by atoms with van der Waals surface area (Å²) in [5.41, 5.74) is 1.36. The van der Waals surface area contributed by atoms with Crippen molar-refractivity contribution in [3.63, 3.8) is 0 Å². The zero-order chi connectivity index (χ0) is 15.2. The molecule has 0 aliphatic carbocycles. The predicted octanol–water partition coefficient (Wildman–Crippen LogP) is 5.01. The number of hydrogen-bond donors (Lipinski definition) is 0. The summed E-state index contributed by atoms with van der Waals surface area (Å²) in [6.07, 6.45) is 8.68. The molecule has 2 rings (SSSR count). The molecule has 0 aromatic heterocycles. The quantitative estimate of drug-likeness (QED) is 0.680. The third-order valence-corrected chi connectivity index (χ3v) is 6.15. The van der Waals surface area contributed by atoms with Crippen LogP contribution in [0.2, 0.25) is 0 Å². The third kappa shape index (κ3) is 2.74. The largest absolute Gasteiger partial charge is 0.272 e. The van der Waals surface area contributed by atoms with Gasteiger partial charge in [-0.15, -0.1) is 23.5 Å². The number of nitrogens with zero attached hydrogens (tertiary/aromatic N) is 2. The van der Waals surface area contributed by atoms with Gasteiger partial charge in [-0.25, -0.2) is 0 Å². The number of hydrogen-bond acceptors (Lipinski definition) is 4. The SMILES string of the molecule is CSC1=N/C(=C\C2(C)N=C(SC)CC2(C)C)C(C)(C)C1. The van der Waals surface area contributed by atoms with Gasteiger partial charge < -0.3 is 0 Å². The van der Waals surface area contributed by atoms with Crippen LogP contribution in [0.15, 0.2) is 21.8 Å². The van der Waals surface area contributed by atoms with Crippen LogP contribution in [0, 0.1) is 10.8 Å². The third-order valence-electron chi connectivity index (χ3n) is 4.74. The van der Waals surface area contributed by atoms with E-state index in [-0.39, 0.29) is 16.4 Å². The Kier molecular flexibility index (Phi) is 4.20. The summed E-state index contributed by atoms with van der Waals surface area (Å²) >= 11 is 3.55. The van der Waals surface area contributed by atoms with Gasteiger partial charge in [0.05, 0.1) is 15.6 Å². The summed E-state index contributed by atoms with van der Waals surface area (Å²) in [6, 6.07) is 0. The standard InChI is InChI=1S/C16H26N2S2/c1-14(2)9-12(19-6)17-11(14)8-16(5)15(3,4)10-13(18-16)20-7/h8H,9-10H2,1-7H3/b11-8-. The van der Waals surface area contributed by atoms with Gasteiger partial charge in [-0.2, -0.15) is 0 Å². The first-order chi connectivity index (χ1) is 9.13. The summed E-state index contributed by atoms with van der Waals surface area (Å²) < 4.78 is 0. The van der Waals surface area contributed by atoms with Crippen molar-refractivity contribution >= 4 is 33.6 Å². The van der Waals surface area contributed by atoms with Gasteiger partial charge in [-0.05, 0) is 30.9 Å². The Morgan fingerprint density at radius 2 is 1.55 bits per heavy atom. The molecule has 0 spiro atoms. The molecule has 2 aliphatic heterocycles. The molecule has 1 unspecified atom stereocenters. The van der Waals surface area contributed by atoms with Gasteiger partial charge in [-0.1, -0.05) is 27.7 Å². The maximum Gasteiger partial charge on any atom is 0.0844 e. The van der Waals surface area contributed by atoms with Crippen molar-refractivity contribution in [2.45, 2.75) is 53.0 Å². The molecule has 0 saturated heterocycles. The highest BCUT2D eigenvalue weighted by atomic mass is 32.2. The molecule has 0 aromatic rings. The molecule has 0 aromatic carbocycles. The van der Waals surface area contributed by atoms with Crippen LogP contribution < -0.4 is 0 Å². The van der Waals surface area contributed by atoms with Crippen LogP contribution in [0.3, 0.4) is 0 Å². The van der Waals surface area contributed by atoms with E-state index < -0.39 is 0 Å². The van der Waals surface area contributed by atoms with Crippen LogP contribution in [0.1, 0.15) is 47.5 Å². The first-order valence-corrected chi connectivity index (χ1v) is 9.56. The Balaban J connectivity index is 2.43. The smallest absolute Gasteiger partial charge is 0.0844 e. The van der Waals surface area contributed by atoms with Crippen molar-refractivity contribution in [1.82, 2.24) is 0 Å². The molecule has 0 amide bonds. The fraction of sp³-hybridized carbons (Fsp3) is 0.750. The second kappa shape index (κ2) is 5.20. The van der Waals surface area contributed by atoms with Crippen LogP contribution in [-0.2, 0) is 0 Å². The molecule has 2 aliphatic rings. The Morgan fingerprint density at radius 3 is 2.00 bits per heavy atom. The van der Waals surface area contributed by atoms with E-state index in [1.54, 1.807) is 23.5 Å². The molecule has 2 heterocycles. The van der Waals surface area contributed by atoms with Crippen molar-refractivity contribution in [3.8, 4) is 0 Å². The number of allylic oxidation sites excluding steroid dienone is 1. The Labute approximate surface area is 132 Å². The molecule has 112 valence electrons. The van der Waals surface area contributed by atoms with Crippen LogP contribution in [0.4, 0.5) is 0 Å². The highest BCUT2D eigenvalue weighted by Gasteiger charge is 2.46. The van der Waals surface area contributed by atoms with Gasteiger partial charge in [0.15, 0.2) is 0 Å². The molecule has 4 heteroatoms. The topological polar surface area (TPSA) is 24.7 Å². The maximum atomic E-state index is 5.00. The van der Waals surface area contributed by atoms with Gasteiger partial charge in [0.25, 0.3) is 0 Å². The lowest BCUT2D eigenvalue weighted by Gasteiger charge is -2.35. The van der Waals surface area contributed by atoms with E-state index in [0.717, 1.165) is 12.8 Å². The van der Waals surface area contributed by atoms with E-state index in [2.05, 4.69) is 53.2 Å². The van der Waals surface area contributed by atoms with Gasteiger partial charge >= 0.3 is 0 Å². The first-order valence-electron chi connectivity index (χ1n) is 7.11. The zero-order valence-corrected chi connectivity index (χ0v) is 15.3. The Morgan fingerprint density at radius 1 is 0.950 bits per heavy atom. The second-order valence-electron chi connectivity index (χ2n) is 7.22. The van der Waals surface area contributed by atoms with Crippen molar-refractivity contribution < 1.29 is 0 Å². The molecule has 1 atom stereocenters. The molecular formula is C16H26N2S2. The van der Waals surface area contributed by atoms with E-state index in [1.165, 1.54) is 15.8 Å². The fourth-order valence-electron chi connectivity index (χ4n) is 2.76. The van der Waals surface area contributed by atoms with Crippen molar-refractivity contribution in [2.75, 3.05) is 12.5 Å². The summed E-state index contributed by atoms with van der Waals surface area (Å²) in [5, 5.41) is 2.51. The molecule has 2 nitrogen and oxygen atoms in total. The van der Waals surface area contributed by atoms with E-state index >= 15 is 0 Å². The molecule has 0 radical (unpaired) electrons. The zero-order valence-electron chi connectivity index (χ0n) is 13.7. The minimum absolute atomic E-state index is 0.134. The Bertz CT molecular complexity index is 501. The fourth-order valence-corrected chi connectivity index (χ4v) is 4.24. The summed E-state index contributed by atoms with van der Waals surface area (Å²) in [6.45, 7) is 11.5. The van der Waals surface area contributed by atoms with Crippen LogP contribution >= 0.6 is 23.5 Å². The van der Waals surface area contributed by atoms with E-state index in [1.807, 2.05) is 0 Å². The summed E-state index contributed by atoms with van der Waals surface area (Å²) in [7, 11) is 0. The van der Waals surface area contributed by atoms with E-state index in [4.69, 9.17) is 9.98 Å². The minimum Gasteiger partial charge on any atom is -0.272 e. The van der Waals surface area contributed by atoms with Crippen molar-refractivity contribution in [3.05, 3.63) is 11.8 Å². The number of aliphatic imine (C=N–C) groups is 2. The average Bonchev–Trinajstić information content (AvgIpc) is 2.74. The van der Waals surface area contributed by atoms with Crippen LogP contribution in [-0.4, -0.2) is 28.1 Å². The van der Waals surface area contributed by atoms with E-state index in [9.17, 15) is 0 Å². The second-order valence-corrected chi connectivity index (χ2v) is 8.98. The molecule has 0 N–H and O–H groups in total.